The van der Waals surface area contributed by atoms with Gasteiger partial charge < -0.3 is 20.1 Å². The molecular weight excluding hydrogens is 280 g/mol. The Morgan fingerprint density at radius 1 is 1.14 bits per heavy atom. The largest absolute Gasteiger partial charge is 0.488 e. The molecule has 1 saturated carbocycles. The fourth-order valence-electron chi connectivity index (χ4n) is 3.00. The SMILES string of the molecule is N[C@H]1C[C@H](Oc2cc(N3CCOCC3)cc3nccnc23)C1. The van der Waals surface area contributed by atoms with Crippen LogP contribution < -0.4 is 15.4 Å². The second-order valence-corrected chi connectivity index (χ2v) is 5.94. The topological polar surface area (TPSA) is 73.5 Å². The molecule has 0 radical (unpaired) electrons. The van der Waals surface area contributed by atoms with Gasteiger partial charge in [0.15, 0.2) is 0 Å². The zero-order valence-electron chi connectivity index (χ0n) is 12.4. The molecule has 0 unspecified atom stereocenters. The Labute approximate surface area is 129 Å². The van der Waals surface area contributed by atoms with Crippen molar-refractivity contribution in [3.63, 3.8) is 0 Å². The smallest absolute Gasteiger partial charge is 0.149 e. The quantitative estimate of drug-likeness (QED) is 0.922. The maximum atomic E-state index is 6.13. The van der Waals surface area contributed by atoms with E-state index in [0.717, 1.165) is 61.6 Å². The highest BCUT2D eigenvalue weighted by Crippen LogP contribution is 2.33. The molecule has 4 rings (SSSR count). The predicted molar refractivity (Wildman–Crippen MR) is 84.2 cm³/mol. The molecule has 1 saturated heterocycles. The van der Waals surface area contributed by atoms with Crippen LogP contribution in [-0.4, -0.2) is 48.4 Å². The van der Waals surface area contributed by atoms with Gasteiger partial charge in [0.2, 0.25) is 0 Å². The Kier molecular flexibility index (Phi) is 3.56. The first-order valence-corrected chi connectivity index (χ1v) is 7.79. The van der Waals surface area contributed by atoms with E-state index in [1.165, 1.54) is 0 Å². The van der Waals surface area contributed by atoms with Crippen molar-refractivity contribution in [2.45, 2.75) is 25.0 Å². The van der Waals surface area contributed by atoms with Crippen LogP contribution in [0.5, 0.6) is 5.75 Å². The summed E-state index contributed by atoms with van der Waals surface area (Å²) in [7, 11) is 0. The van der Waals surface area contributed by atoms with Crippen molar-refractivity contribution in [3.8, 4) is 5.75 Å². The molecule has 2 N–H and O–H groups in total. The van der Waals surface area contributed by atoms with Crippen molar-refractivity contribution >= 4 is 16.7 Å². The first kappa shape index (κ1) is 13.7. The molecule has 22 heavy (non-hydrogen) atoms. The minimum atomic E-state index is 0.195. The molecule has 1 aliphatic heterocycles. The highest BCUT2D eigenvalue weighted by molar-refractivity contribution is 5.85. The van der Waals surface area contributed by atoms with Gasteiger partial charge in [-0.3, -0.25) is 4.98 Å². The number of rotatable bonds is 3. The minimum Gasteiger partial charge on any atom is -0.488 e. The summed E-state index contributed by atoms with van der Waals surface area (Å²) in [5, 5.41) is 0. The van der Waals surface area contributed by atoms with Crippen LogP contribution in [0.2, 0.25) is 0 Å². The van der Waals surface area contributed by atoms with Gasteiger partial charge in [0.1, 0.15) is 17.4 Å². The number of anilines is 1. The lowest BCUT2D eigenvalue weighted by molar-refractivity contribution is 0.102. The zero-order chi connectivity index (χ0) is 14.9. The number of hydrogen-bond donors (Lipinski definition) is 1. The van der Waals surface area contributed by atoms with E-state index in [1.54, 1.807) is 12.4 Å². The molecule has 1 aromatic carbocycles. The lowest BCUT2D eigenvalue weighted by Crippen LogP contribution is -2.43. The molecular formula is C16H20N4O2. The van der Waals surface area contributed by atoms with Crippen LogP contribution in [0.1, 0.15) is 12.8 Å². The number of morpholine rings is 1. The van der Waals surface area contributed by atoms with Crippen LogP contribution in [0.3, 0.4) is 0 Å². The fourth-order valence-corrected chi connectivity index (χ4v) is 3.00. The van der Waals surface area contributed by atoms with Gasteiger partial charge in [0.05, 0.1) is 18.7 Å². The summed E-state index contributed by atoms with van der Waals surface area (Å²) >= 11 is 0. The molecule has 2 heterocycles. The monoisotopic (exact) mass is 300 g/mol. The molecule has 1 aromatic heterocycles. The van der Waals surface area contributed by atoms with Gasteiger partial charge in [0, 0.05) is 43.3 Å². The Hall–Kier alpha value is -1.92. The molecule has 0 amide bonds. The van der Waals surface area contributed by atoms with Crippen molar-refractivity contribution in [1.29, 1.82) is 0 Å². The van der Waals surface area contributed by atoms with Gasteiger partial charge in [-0.05, 0) is 18.9 Å². The second kappa shape index (κ2) is 5.70. The number of ether oxygens (including phenoxy) is 2. The van der Waals surface area contributed by atoms with E-state index in [9.17, 15) is 0 Å². The standard InChI is InChI=1S/C16H20N4O2/c17-11-7-13(8-11)22-15-10-12(20-3-5-21-6-4-20)9-14-16(15)19-2-1-18-14/h1-2,9-11,13H,3-8,17H2/t11-,13-. The second-order valence-electron chi connectivity index (χ2n) is 5.94. The van der Waals surface area contributed by atoms with Gasteiger partial charge in [-0.25, -0.2) is 4.98 Å². The van der Waals surface area contributed by atoms with E-state index in [2.05, 4.69) is 27.0 Å². The average Bonchev–Trinajstić information content (AvgIpc) is 2.54. The van der Waals surface area contributed by atoms with Crippen molar-refractivity contribution in [1.82, 2.24) is 9.97 Å². The van der Waals surface area contributed by atoms with Gasteiger partial charge in [0.25, 0.3) is 0 Å². The molecule has 0 spiro atoms. The van der Waals surface area contributed by atoms with Gasteiger partial charge >= 0.3 is 0 Å². The Bertz CT molecular complexity index is 666. The van der Waals surface area contributed by atoms with Crippen LogP contribution in [0.15, 0.2) is 24.5 Å². The summed E-state index contributed by atoms with van der Waals surface area (Å²) in [4.78, 5) is 11.2. The van der Waals surface area contributed by atoms with E-state index in [0.29, 0.717) is 0 Å². The summed E-state index contributed by atoms with van der Waals surface area (Å²) in [6.45, 7) is 3.29. The maximum absolute atomic E-state index is 6.13. The summed E-state index contributed by atoms with van der Waals surface area (Å²) in [5.41, 5.74) is 8.66. The average molecular weight is 300 g/mol. The van der Waals surface area contributed by atoms with Crippen molar-refractivity contribution < 1.29 is 9.47 Å². The summed E-state index contributed by atoms with van der Waals surface area (Å²) in [5.74, 6) is 0.809. The zero-order valence-corrected chi connectivity index (χ0v) is 12.4. The summed E-state index contributed by atoms with van der Waals surface area (Å²) in [6.07, 6.45) is 5.43. The van der Waals surface area contributed by atoms with Crippen LogP contribution in [0.25, 0.3) is 11.0 Å². The number of aromatic nitrogens is 2. The number of hydrogen-bond acceptors (Lipinski definition) is 6. The third-order valence-electron chi connectivity index (χ3n) is 4.32. The van der Waals surface area contributed by atoms with E-state index < -0.39 is 0 Å². The summed E-state index contributed by atoms with van der Waals surface area (Å²) in [6, 6.07) is 4.42. The normalized spacial score (nSPS) is 25.0. The van der Waals surface area contributed by atoms with Crippen LogP contribution in [0.4, 0.5) is 5.69 Å². The lowest BCUT2D eigenvalue weighted by atomic mass is 9.90. The molecule has 2 fully saturated rings. The van der Waals surface area contributed by atoms with E-state index in [-0.39, 0.29) is 12.1 Å². The minimum absolute atomic E-state index is 0.195. The van der Waals surface area contributed by atoms with E-state index in [1.807, 2.05) is 0 Å². The number of fused-ring (bicyclic) bond motifs is 1. The first-order valence-electron chi connectivity index (χ1n) is 7.79. The Morgan fingerprint density at radius 2 is 1.91 bits per heavy atom. The maximum Gasteiger partial charge on any atom is 0.149 e. The molecule has 0 bridgehead atoms. The molecule has 2 aromatic rings. The highest BCUT2D eigenvalue weighted by atomic mass is 16.5. The first-order chi connectivity index (χ1) is 10.8. The van der Waals surface area contributed by atoms with Crippen LogP contribution >= 0.6 is 0 Å². The predicted octanol–water partition coefficient (Wildman–Crippen LogP) is 1.33. The van der Waals surface area contributed by atoms with Gasteiger partial charge in [-0.2, -0.15) is 0 Å². The highest BCUT2D eigenvalue weighted by Gasteiger charge is 2.28. The van der Waals surface area contributed by atoms with Crippen LogP contribution in [-0.2, 0) is 4.74 Å². The molecule has 6 nitrogen and oxygen atoms in total. The number of benzene rings is 1. The number of nitrogens with zero attached hydrogens (tertiary/aromatic N) is 3. The van der Waals surface area contributed by atoms with Crippen molar-refractivity contribution in [2.75, 3.05) is 31.2 Å². The molecule has 1 aliphatic carbocycles. The van der Waals surface area contributed by atoms with E-state index in [4.69, 9.17) is 15.2 Å². The van der Waals surface area contributed by atoms with Gasteiger partial charge in [-0.1, -0.05) is 0 Å². The van der Waals surface area contributed by atoms with Crippen LogP contribution in [0, 0.1) is 0 Å². The Morgan fingerprint density at radius 3 is 2.68 bits per heavy atom. The molecule has 0 atom stereocenters. The van der Waals surface area contributed by atoms with Crippen molar-refractivity contribution in [2.24, 2.45) is 5.73 Å². The number of nitrogens with two attached hydrogens (primary N) is 1. The third-order valence-corrected chi connectivity index (χ3v) is 4.32. The van der Waals surface area contributed by atoms with Crippen molar-refractivity contribution in [3.05, 3.63) is 24.5 Å². The van der Waals surface area contributed by atoms with E-state index >= 15 is 0 Å². The fraction of sp³-hybridized carbons (Fsp3) is 0.500. The van der Waals surface area contributed by atoms with Gasteiger partial charge in [-0.15, -0.1) is 0 Å². The molecule has 6 heteroatoms. The lowest BCUT2D eigenvalue weighted by Gasteiger charge is -2.33. The third kappa shape index (κ3) is 2.60. The molecule has 2 aliphatic rings. The Balaban J connectivity index is 1.68. The molecule has 116 valence electrons. The summed E-state index contributed by atoms with van der Waals surface area (Å²) < 4.78 is 11.6.